The first-order valence-electron chi connectivity index (χ1n) is 6.49. The highest BCUT2D eigenvalue weighted by atomic mass is 16.5. The predicted octanol–water partition coefficient (Wildman–Crippen LogP) is 1.90. The molecule has 1 amide bonds. The van der Waals surface area contributed by atoms with Crippen LogP contribution < -0.4 is 5.32 Å². The van der Waals surface area contributed by atoms with Crippen molar-refractivity contribution in [1.82, 2.24) is 10.3 Å². The van der Waals surface area contributed by atoms with Gasteiger partial charge in [0.05, 0.1) is 6.10 Å². The molecule has 1 fully saturated rings. The van der Waals surface area contributed by atoms with Gasteiger partial charge in [0, 0.05) is 32.0 Å². The summed E-state index contributed by atoms with van der Waals surface area (Å²) in [5.41, 5.74) is 1.04. The predicted molar refractivity (Wildman–Crippen MR) is 68.8 cm³/mol. The molecule has 1 N–H and O–H groups in total. The second-order valence-electron chi connectivity index (χ2n) is 4.79. The maximum absolute atomic E-state index is 12.0. The van der Waals surface area contributed by atoms with E-state index in [1.807, 2.05) is 12.1 Å². The van der Waals surface area contributed by atoms with E-state index in [9.17, 15) is 4.79 Å². The number of nitrogens with zero attached hydrogens (tertiary/aromatic N) is 1. The van der Waals surface area contributed by atoms with E-state index in [1.165, 1.54) is 0 Å². The zero-order chi connectivity index (χ0) is 12.8. The van der Waals surface area contributed by atoms with Gasteiger partial charge in [-0.05, 0) is 37.3 Å². The van der Waals surface area contributed by atoms with E-state index in [4.69, 9.17) is 4.74 Å². The molecule has 18 heavy (non-hydrogen) atoms. The van der Waals surface area contributed by atoms with E-state index >= 15 is 0 Å². The minimum atomic E-state index is 0.146. The number of hydrogen-bond acceptors (Lipinski definition) is 3. The Labute approximate surface area is 108 Å². The molecule has 4 nitrogen and oxygen atoms in total. The SMILES string of the molecule is COC1CCC(C(=O)NCc2cccnc2)CC1. The van der Waals surface area contributed by atoms with Gasteiger partial charge in [-0.2, -0.15) is 0 Å². The molecule has 98 valence electrons. The molecular weight excluding hydrogens is 228 g/mol. The summed E-state index contributed by atoms with van der Waals surface area (Å²) in [5, 5.41) is 2.98. The van der Waals surface area contributed by atoms with Crippen LogP contribution in [0, 0.1) is 5.92 Å². The van der Waals surface area contributed by atoms with Crippen molar-refractivity contribution in [3.8, 4) is 0 Å². The summed E-state index contributed by atoms with van der Waals surface area (Å²) in [7, 11) is 1.74. The molecular formula is C14H20N2O2. The standard InChI is InChI=1S/C14H20N2O2/c1-18-13-6-4-12(5-7-13)14(17)16-10-11-3-2-8-15-9-11/h2-3,8-9,12-13H,4-7,10H2,1H3,(H,16,17). The van der Waals surface area contributed by atoms with E-state index in [2.05, 4.69) is 10.3 Å². The lowest BCUT2D eigenvalue weighted by Gasteiger charge is -2.26. The van der Waals surface area contributed by atoms with E-state index < -0.39 is 0 Å². The Bertz CT molecular complexity index is 373. The van der Waals surface area contributed by atoms with E-state index in [0.717, 1.165) is 31.2 Å². The third-order valence-electron chi connectivity index (χ3n) is 3.57. The van der Waals surface area contributed by atoms with E-state index in [1.54, 1.807) is 19.5 Å². The number of pyridine rings is 1. The molecule has 2 rings (SSSR count). The van der Waals surface area contributed by atoms with Crippen molar-refractivity contribution >= 4 is 5.91 Å². The van der Waals surface area contributed by atoms with Crippen molar-refractivity contribution in [2.24, 2.45) is 5.92 Å². The summed E-state index contributed by atoms with van der Waals surface area (Å²) < 4.78 is 5.31. The minimum absolute atomic E-state index is 0.146. The summed E-state index contributed by atoms with van der Waals surface area (Å²) >= 11 is 0. The average Bonchev–Trinajstić information content (AvgIpc) is 2.46. The fourth-order valence-electron chi connectivity index (χ4n) is 2.40. The third-order valence-corrected chi connectivity index (χ3v) is 3.57. The highest BCUT2D eigenvalue weighted by Gasteiger charge is 2.25. The Morgan fingerprint density at radius 1 is 1.44 bits per heavy atom. The first kappa shape index (κ1) is 13.0. The molecule has 0 aromatic carbocycles. The number of carbonyl (C=O) groups excluding carboxylic acids is 1. The molecule has 0 saturated heterocycles. The Balaban J connectivity index is 1.75. The molecule has 1 heterocycles. The molecule has 1 saturated carbocycles. The highest BCUT2D eigenvalue weighted by Crippen LogP contribution is 2.25. The third kappa shape index (κ3) is 3.53. The molecule has 0 unspecified atom stereocenters. The van der Waals surface area contributed by atoms with Crippen LogP contribution in [-0.4, -0.2) is 24.1 Å². The van der Waals surface area contributed by atoms with Gasteiger partial charge in [-0.15, -0.1) is 0 Å². The van der Waals surface area contributed by atoms with Crippen molar-refractivity contribution in [2.45, 2.75) is 38.3 Å². The normalized spacial score (nSPS) is 23.6. The van der Waals surface area contributed by atoms with Crippen LogP contribution in [-0.2, 0) is 16.1 Å². The zero-order valence-electron chi connectivity index (χ0n) is 10.8. The van der Waals surface area contributed by atoms with Crippen LogP contribution in [0.1, 0.15) is 31.2 Å². The number of hydrogen-bond donors (Lipinski definition) is 1. The lowest BCUT2D eigenvalue weighted by molar-refractivity contribution is -0.126. The molecule has 1 aromatic rings. The second kappa shape index (κ2) is 6.50. The van der Waals surface area contributed by atoms with Crippen molar-refractivity contribution in [3.05, 3.63) is 30.1 Å². The summed E-state index contributed by atoms with van der Waals surface area (Å²) in [6, 6.07) is 3.85. The molecule has 4 heteroatoms. The summed E-state index contributed by atoms with van der Waals surface area (Å²) in [5.74, 6) is 0.307. The number of methoxy groups -OCH3 is 1. The minimum Gasteiger partial charge on any atom is -0.381 e. The molecule has 1 aliphatic rings. The molecule has 0 spiro atoms. The average molecular weight is 248 g/mol. The maximum atomic E-state index is 12.0. The van der Waals surface area contributed by atoms with Crippen molar-refractivity contribution in [3.63, 3.8) is 0 Å². The van der Waals surface area contributed by atoms with Gasteiger partial charge >= 0.3 is 0 Å². The Hall–Kier alpha value is -1.42. The second-order valence-corrected chi connectivity index (χ2v) is 4.79. The molecule has 1 aliphatic carbocycles. The fourth-order valence-corrected chi connectivity index (χ4v) is 2.40. The van der Waals surface area contributed by atoms with Gasteiger partial charge in [0.25, 0.3) is 0 Å². The van der Waals surface area contributed by atoms with Crippen molar-refractivity contribution < 1.29 is 9.53 Å². The van der Waals surface area contributed by atoms with Gasteiger partial charge in [-0.1, -0.05) is 6.07 Å². The van der Waals surface area contributed by atoms with Gasteiger partial charge < -0.3 is 10.1 Å². The van der Waals surface area contributed by atoms with Gasteiger partial charge in [-0.25, -0.2) is 0 Å². The van der Waals surface area contributed by atoms with E-state index in [0.29, 0.717) is 12.6 Å². The smallest absolute Gasteiger partial charge is 0.223 e. The summed E-state index contributed by atoms with van der Waals surface area (Å²) in [6.07, 6.45) is 7.68. The topological polar surface area (TPSA) is 51.2 Å². The largest absolute Gasteiger partial charge is 0.381 e. The number of ether oxygens (including phenoxy) is 1. The van der Waals surface area contributed by atoms with Crippen LogP contribution in [0.5, 0.6) is 0 Å². The highest BCUT2D eigenvalue weighted by molar-refractivity contribution is 5.78. The fraction of sp³-hybridized carbons (Fsp3) is 0.571. The Morgan fingerprint density at radius 3 is 2.83 bits per heavy atom. The molecule has 0 bridgehead atoms. The van der Waals surface area contributed by atoms with Crippen LogP contribution >= 0.6 is 0 Å². The number of nitrogens with one attached hydrogen (secondary N) is 1. The lowest BCUT2D eigenvalue weighted by atomic mass is 9.87. The first-order chi connectivity index (χ1) is 8.79. The quantitative estimate of drug-likeness (QED) is 0.885. The zero-order valence-corrected chi connectivity index (χ0v) is 10.8. The van der Waals surface area contributed by atoms with Crippen LogP contribution in [0.4, 0.5) is 0 Å². The summed E-state index contributed by atoms with van der Waals surface area (Å²) in [6.45, 7) is 0.566. The van der Waals surface area contributed by atoms with Crippen LogP contribution in [0.15, 0.2) is 24.5 Å². The van der Waals surface area contributed by atoms with Crippen molar-refractivity contribution in [2.75, 3.05) is 7.11 Å². The number of aromatic nitrogens is 1. The molecule has 0 radical (unpaired) electrons. The van der Waals surface area contributed by atoms with Crippen molar-refractivity contribution in [1.29, 1.82) is 0 Å². The Morgan fingerprint density at radius 2 is 2.22 bits per heavy atom. The molecule has 0 atom stereocenters. The van der Waals surface area contributed by atoms with Crippen LogP contribution in [0.2, 0.25) is 0 Å². The van der Waals surface area contributed by atoms with Gasteiger partial charge in [0.15, 0.2) is 0 Å². The molecule has 1 aromatic heterocycles. The van der Waals surface area contributed by atoms with E-state index in [-0.39, 0.29) is 11.8 Å². The lowest BCUT2D eigenvalue weighted by Crippen LogP contribution is -2.34. The van der Waals surface area contributed by atoms with Crippen LogP contribution in [0.25, 0.3) is 0 Å². The number of amides is 1. The number of carbonyl (C=O) groups is 1. The first-order valence-corrected chi connectivity index (χ1v) is 6.49. The summed E-state index contributed by atoms with van der Waals surface area (Å²) in [4.78, 5) is 16.0. The maximum Gasteiger partial charge on any atom is 0.223 e. The van der Waals surface area contributed by atoms with Crippen LogP contribution in [0.3, 0.4) is 0 Å². The Kier molecular flexibility index (Phi) is 4.70. The number of rotatable bonds is 4. The molecule has 0 aliphatic heterocycles. The monoisotopic (exact) mass is 248 g/mol. The van der Waals surface area contributed by atoms with Gasteiger partial charge in [0.1, 0.15) is 0 Å². The van der Waals surface area contributed by atoms with Gasteiger partial charge in [0.2, 0.25) is 5.91 Å². The van der Waals surface area contributed by atoms with Gasteiger partial charge in [-0.3, -0.25) is 9.78 Å².